The van der Waals surface area contributed by atoms with Crippen molar-refractivity contribution in [1.29, 1.82) is 0 Å². The predicted molar refractivity (Wildman–Crippen MR) is 514 cm³/mol. The molecule has 2 aliphatic rings. The van der Waals surface area contributed by atoms with Crippen LogP contribution in [0.1, 0.15) is 440 Å². The molecule has 4 atom stereocenters. The van der Waals surface area contributed by atoms with Crippen molar-refractivity contribution in [1.82, 2.24) is 31.2 Å². The first kappa shape index (κ1) is 160. The molecule has 0 aliphatic heterocycles. The third-order valence-electron chi connectivity index (χ3n) is 16.7. The number of nitrogens with one attached hydrogen (secondary N) is 4. The van der Waals surface area contributed by atoms with E-state index in [1.165, 1.54) is 73.5 Å². The predicted octanol–water partition coefficient (Wildman–Crippen LogP) is 22.2. The van der Waals surface area contributed by atoms with Gasteiger partial charge in [-0.05, 0) is 63.2 Å². The topological polar surface area (TPSA) is 440 Å². The average molecular weight is 1780 g/mol. The Balaban J connectivity index is -0.0000000725. The number of Topliss-reactive ketones (excluding diaryl/α,β-unsaturated/α-hetero) is 7. The maximum atomic E-state index is 12.8. The fraction of sp³-hybridized carbons (Fsp3) is 0.758. The number of rotatable bonds is 51. The van der Waals surface area contributed by atoms with Crippen molar-refractivity contribution >= 4 is 127 Å². The van der Waals surface area contributed by atoms with Crippen LogP contribution in [0.4, 0.5) is 0 Å². The first-order valence-electron chi connectivity index (χ1n) is 35.0. The summed E-state index contributed by atoms with van der Waals surface area (Å²) >= 11 is 3.45. The molecule has 4 rings (SSSR count). The van der Waals surface area contributed by atoms with Gasteiger partial charge in [-0.3, -0.25) is 67.1 Å². The monoisotopic (exact) mass is 1780 g/mol. The number of hydrogen-bond acceptors (Lipinski definition) is 21. The number of unbranched alkanes of at least 4 members (excludes halogenated alkanes) is 11. The molecule has 0 radical (unpaired) electrons. The molecule has 0 unspecified atom stereocenters. The number of thiazole rings is 2. The third-order valence-corrected chi connectivity index (χ3v) is 19.4. The molecule has 0 spiro atoms. The average Bonchev–Trinajstić information content (AvgIpc) is 1.62. The molecule has 120 heavy (non-hydrogen) atoms. The van der Waals surface area contributed by atoms with Crippen molar-refractivity contribution in [3.8, 4) is 0 Å². The highest BCUT2D eigenvalue weighted by Crippen LogP contribution is 2.46. The smallest absolute Gasteiger partial charge is 0.355 e. The van der Waals surface area contributed by atoms with Gasteiger partial charge in [0.1, 0.15) is 28.1 Å². The van der Waals surface area contributed by atoms with E-state index >= 15 is 0 Å². The van der Waals surface area contributed by atoms with Crippen molar-refractivity contribution in [2.45, 2.75) is 445 Å². The van der Waals surface area contributed by atoms with Gasteiger partial charge in [0.25, 0.3) is 0 Å². The molecule has 10 N–H and O–H groups in total. The number of amides is 6. The summed E-state index contributed by atoms with van der Waals surface area (Å²) in [6.45, 7) is 15.5. The fourth-order valence-electron chi connectivity index (χ4n) is 10.3. The minimum atomic E-state index is -1.16. The molecule has 2 aliphatic carbocycles. The molecule has 29 heteroatoms. The van der Waals surface area contributed by atoms with Crippen molar-refractivity contribution in [3.63, 3.8) is 0 Å². The second kappa shape index (κ2) is 84.0. The normalized spacial score (nSPS) is 11.9. The number of carbonyl (C=O) groups excluding carboxylic acids is 14. The highest BCUT2D eigenvalue weighted by molar-refractivity contribution is 8.14. The highest BCUT2D eigenvalue weighted by Gasteiger charge is 2.51. The molecule has 2 aromatic rings. The van der Waals surface area contributed by atoms with Crippen LogP contribution in [-0.2, 0) is 80.1 Å². The molecule has 0 bridgehead atoms. The molecule has 2 fully saturated rings. The first-order chi connectivity index (χ1) is 47.0. The molecular formula is C91H188N8O18S3. The summed E-state index contributed by atoms with van der Waals surface area (Å²) in [6, 6.07) is -1.96. The number of nitrogens with two attached hydrogens (primary N) is 2. The summed E-state index contributed by atoms with van der Waals surface area (Å²) in [5, 5.41) is 31.7. The van der Waals surface area contributed by atoms with E-state index in [0.29, 0.717) is 48.5 Å². The fourth-order valence-corrected chi connectivity index (χ4v) is 12.7. The molecule has 2 aromatic heterocycles. The van der Waals surface area contributed by atoms with E-state index in [2.05, 4.69) is 38.2 Å². The number of carbonyl (C=O) groups is 16. The summed E-state index contributed by atoms with van der Waals surface area (Å²) in [7, 11) is 0. The van der Waals surface area contributed by atoms with Gasteiger partial charge < -0.3 is 42.9 Å². The van der Waals surface area contributed by atoms with E-state index < -0.39 is 59.5 Å². The largest absolute Gasteiger partial charge is 0.476 e. The molecule has 0 aromatic carbocycles. The van der Waals surface area contributed by atoms with Crippen molar-refractivity contribution in [3.05, 3.63) is 32.2 Å². The lowest BCUT2D eigenvalue weighted by Crippen LogP contribution is -2.44. The number of carboxylic acid groups (broad SMARTS) is 2. The summed E-state index contributed by atoms with van der Waals surface area (Å²) in [5.41, 5.74) is 8.98. The number of nitrogens with zero attached hydrogens (tertiary/aromatic N) is 2. The van der Waals surface area contributed by atoms with Crippen molar-refractivity contribution in [2.24, 2.45) is 28.7 Å². The lowest BCUT2D eigenvalue weighted by molar-refractivity contribution is -0.134. The number of ketones is 7. The molecule has 26 nitrogen and oxygen atoms in total. The van der Waals surface area contributed by atoms with Crippen LogP contribution in [0.25, 0.3) is 0 Å². The number of primary amides is 2. The van der Waals surface area contributed by atoms with E-state index in [-0.39, 0.29) is 323 Å². The summed E-state index contributed by atoms with van der Waals surface area (Å²) in [4.78, 5) is 200. The Morgan fingerprint density at radius 1 is 0.450 bits per heavy atom. The van der Waals surface area contributed by atoms with Crippen LogP contribution in [0.2, 0.25) is 0 Å². The van der Waals surface area contributed by atoms with Gasteiger partial charge in [0.05, 0.1) is 67.7 Å². The van der Waals surface area contributed by atoms with E-state index in [0.717, 1.165) is 61.6 Å². The van der Waals surface area contributed by atoms with Gasteiger partial charge in [-0.1, -0.05) is 286 Å². The van der Waals surface area contributed by atoms with Gasteiger partial charge in [0.15, 0.2) is 33.9 Å². The van der Waals surface area contributed by atoms with Crippen LogP contribution in [0.15, 0.2) is 10.8 Å². The van der Waals surface area contributed by atoms with Gasteiger partial charge in [0, 0.05) is 72.3 Å². The third kappa shape index (κ3) is 72.4. The quantitative estimate of drug-likeness (QED) is 0.0225. The van der Waals surface area contributed by atoms with E-state index in [9.17, 15) is 76.7 Å². The van der Waals surface area contributed by atoms with Crippen LogP contribution in [-0.4, -0.2) is 136 Å². The number of aromatic nitrogens is 2. The SMILES string of the molecule is C.C.C.C.C.C.C.C.C.C.C.C.C.C.C.C.C.C.C.C.CC1(C(=O)CC(=O)NCc2nc(C(=O)O)cs2)CC1.CCCCC(=O)N[C@H](CC(N)=O)C(=O)C[C@@H](C)CCC(=O)CC(=O)NC1(C(=O)CC(=O)CCc2nc(C(=O)O)cs2)CC1.CCCCCCCCCCCCCC(=O)N[C@H](CC(N)=O)C(=O)C[C@@H](C)CCC(=O)CC(=O)SC(C)(C)C. The second-order valence-electron chi connectivity index (χ2n) is 27.7. The standard InChI is InChI=1S/C30H54N2O5S.C29H40N4O9S.C12H14N2O4S.20CH4/c1-6-7-8-9-10-11-12-13-14-15-16-17-28(36)32-25(22-27(31)35)26(34)20-23(2)18-19-24(33)21-29(37)38-30(3,4)5;1-3-4-5-25(39)31-20(15-24(30)38)22(36)12-17(2)6-7-19(35)14-26(40)33-29(10-11-29)23(37)13-18(34)8-9-27-32-21(16-43-27)28(41)42;1-12(2-3-12)8(15)4-9(16)13-5-10-14-7(6-19-10)11(17)18;;;;;;;;;;;;;;;;;;;;/h23,25H,6-22H2,1-5H3,(H2,31,35)(H,32,36);16-17,20H,3-15H2,1-2H3,(H2,30,38)(H,31,39)(H,33,40)(H,41,42);6H,2-5H2,1H3,(H,13,16)(H,17,18);20*1H4/t23-,25+;17-,20+;;;;;;;;;;;;;;;;;;;;;/m00...................../s1. The number of aryl methyl sites for hydroxylation is 1. The van der Waals surface area contributed by atoms with Gasteiger partial charge >= 0.3 is 11.9 Å². The zero-order valence-electron chi connectivity index (χ0n) is 59.7. The van der Waals surface area contributed by atoms with Crippen LogP contribution >= 0.6 is 34.4 Å². The maximum absolute atomic E-state index is 12.8. The van der Waals surface area contributed by atoms with E-state index in [1.807, 2.05) is 41.5 Å². The lowest BCUT2D eigenvalue weighted by Gasteiger charge is -2.19. The zero-order valence-corrected chi connectivity index (χ0v) is 62.2. The van der Waals surface area contributed by atoms with Crippen LogP contribution < -0.4 is 32.7 Å². The van der Waals surface area contributed by atoms with Crippen LogP contribution in [0.5, 0.6) is 0 Å². The Morgan fingerprint density at radius 3 is 1.18 bits per heavy atom. The Labute approximate surface area is 747 Å². The number of thioether (sulfide) groups is 1. The van der Waals surface area contributed by atoms with Crippen LogP contribution in [0, 0.1) is 17.3 Å². The van der Waals surface area contributed by atoms with E-state index in [1.54, 1.807) is 6.92 Å². The zero-order chi connectivity index (χ0) is 75.2. The summed E-state index contributed by atoms with van der Waals surface area (Å²) in [5.74, 6) is -7.45. The molecule has 2 heterocycles. The maximum Gasteiger partial charge on any atom is 0.355 e. The summed E-state index contributed by atoms with van der Waals surface area (Å²) in [6.07, 6.45) is 17.3. The number of carboxylic acids is 2. The van der Waals surface area contributed by atoms with Gasteiger partial charge in [-0.15, -0.1) is 22.7 Å². The lowest BCUT2D eigenvalue weighted by atomic mass is 9.93. The molecule has 6 amide bonds. The summed E-state index contributed by atoms with van der Waals surface area (Å²) < 4.78 is -0.232. The van der Waals surface area contributed by atoms with Gasteiger partial charge in [-0.25, -0.2) is 19.6 Å². The second-order valence-corrected chi connectivity index (χ2v) is 31.5. The van der Waals surface area contributed by atoms with Crippen molar-refractivity contribution in [2.75, 3.05) is 0 Å². The molecule has 0 saturated heterocycles. The van der Waals surface area contributed by atoms with Crippen molar-refractivity contribution < 1.29 is 86.9 Å². The Hall–Kier alpha value is -7.27. The Morgan fingerprint density at radius 2 is 0.817 bits per heavy atom. The molecular weight excluding hydrogens is 1590 g/mol. The first-order valence-corrected chi connectivity index (χ1v) is 37.5. The molecule has 718 valence electrons. The number of hydrogen-bond donors (Lipinski definition) is 8. The highest BCUT2D eigenvalue weighted by atomic mass is 32.2. The van der Waals surface area contributed by atoms with Crippen LogP contribution in [0.3, 0.4) is 0 Å². The molecule has 2 saturated carbocycles. The number of aromatic carboxylic acids is 2. The minimum Gasteiger partial charge on any atom is -0.476 e. The Bertz CT molecular complexity index is 3140. The van der Waals surface area contributed by atoms with Gasteiger partial charge in [0.2, 0.25) is 35.4 Å². The van der Waals surface area contributed by atoms with E-state index in [4.69, 9.17) is 21.7 Å². The minimum absolute atomic E-state index is 0. The Kier molecular flexibility index (Phi) is 112. The van der Waals surface area contributed by atoms with Gasteiger partial charge in [-0.2, -0.15) is 0 Å².